The van der Waals surface area contributed by atoms with Gasteiger partial charge in [0.05, 0.1) is 5.54 Å². The number of aryl methyl sites for hydroxylation is 2. The Hall–Kier alpha value is -2.36. The van der Waals surface area contributed by atoms with Gasteiger partial charge in [-0.1, -0.05) is 24.3 Å². The lowest BCUT2D eigenvalue weighted by molar-refractivity contribution is 0.0925. The summed E-state index contributed by atoms with van der Waals surface area (Å²) in [6.45, 7) is 3.82. The van der Waals surface area contributed by atoms with Crippen LogP contribution in [0.5, 0.6) is 0 Å². The first-order valence-corrected chi connectivity index (χ1v) is 7.10. The molecule has 1 heterocycles. The first-order valence-electron chi connectivity index (χ1n) is 7.10. The summed E-state index contributed by atoms with van der Waals surface area (Å²) in [5.41, 5.74) is 2.91. The van der Waals surface area contributed by atoms with Gasteiger partial charge < -0.3 is 10.3 Å². The number of rotatable bonds is 3. The Morgan fingerprint density at radius 3 is 2.52 bits per heavy atom. The maximum absolute atomic E-state index is 12.4. The number of aromatic nitrogens is 1. The van der Waals surface area contributed by atoms with Crippen molar-refractivity contribution >= 4 is 5.91 Å². The third kappa shape index (κ3) is 2.61. The molecule has 1 aliphatic rings. The molecule has 1 amide bonds. The molecule has 2 aromatic rings. The Bertz CT molecular complexity index is 757. The van der Waals surface area contributed by atoms with Crippen LogP contribution in [0.1, 0.15) is 40.2 Å². The van der Waals surface area contributed by atoms with Crippen LogP contribution in [0.3, 0.4) is 0 Å². The van der Waals surface area contributed by atoms with Gasteiger partial charge in [-0.15, -0.1) is 0 Å². The Balaban J connectivity index is 1.88. The van der Waals surface area contributed by atoms with E-state index in [9.17, 15) is 9.59 Å². The minimum Gasteiger partial charge on any atom is -0.354 e. The molecule has 0 saturated heterocycles. The molecular weight excluding hydrogens is 264 g/mol. The summed E-state index contributed by atoms with van der Waals surface area (Å²) >= 11 is 0. The van der Waals surface area contributed by atoms with Crippen LogP contribution >= 0.6 is 0 Å². The van der Waals surface area contributed by atoms with Crippen LogP contribution in [-0.2, 0) is 5.54 Å². The predicted octanol–water partition coefficient (Wildman–Crippen LogP) is 2.41. The van der Waals surface area contributed by atoms with Crippen molar-refractivity contribution in [3.8, 4) is 0 Å². The third-order valence-electron chi connectivity index (χ3n) is 3.99. The lowest BCUT2D eigenvalue weighted by atomic mass is 9.99. The van der Waals surface area contributed by atoms with E-state index in [2.05, 4.69) is 29.4 Å². The van der Waals surface area contributed by atoms with Crippen LogP contribution < -0.4 is 10.7 Å². The summed E-state index contributed by atoms with van der Waals surface area (Å²) in [7, 11) is 0. The number of nitrogens with one attached hydrogen (secondary N) is 2. The highest BCUT2D eigenvalue weighted by Gasteiger charge is 2.46. The van der Waals surface area contributed by atoms with Gasteiger partial charge in [-0.3, -0.25) is 9.59 Å². The molecule has 0 radical (unpaired) electrons. The number of benzene rings is 1. The fraction of sp³-hybridized carbons (Fsp3) is 0.294. The average Bonchev–Trinajstić information content (AvgIpc) is 3.18. The lowest BCUT2D eigenvalue weighted by Gasteiger charge is -2.20. The van der Waals surface area contributed by atoms with Crippen LogP contribution in [0.25, 0.3) is 0 Å². The van der Waals surface area contributed by atoms with Crippen molar-refractivity contribution in [2.45, 2.75) is 32.2 Å². The zero-order valence-electron chi connectivity index (χ0n) is 12.2. The molecule has 4 nitrogen and oxygen atoms in total. The summed E-state index contributed by atoms with van der Waals surface area (Å²) in [4.78, 5) is 26.9. The summed E-state index contributed by atoms with van der Waals surface area (Å²) < 4.78 is 0. The predicted molar refractivity (Wildman–Crippen MR) is 81.4 cm³/mol. The molecule has 0 unspecified atom stereocenters. The van der Waals surface area contributed by atoms with Gasteiger partial charge in [0, 0.05) is 17.8 Å². The van der Waals surface area contributed by atoms with E-state index in [0.29, 0.717) is 11.4 Å². The van der Waals surface area contributed by atoms with E-state index >= 15 is 0 Å². The van der Waals surface area contributed by atoms with Crippen molar-refractivity contribution in [1.82, 2.24) is 10.3 Å². The van der Waals surface area contributed by atoms with Crippen molar-refractivity contribution in [2.24, 2.45) is 0 Å². The van der Waals surface area contributed by atoms with E-state index in [1.807, 2.05) is 12.1 Å². The molecule has 1 aromatic carbocycles. The second-order valence-electron chi connectivity index (χ2n) is 5.76. The number of aromatic amines is 1. The monoisotopic (exact) mass is 282 g/mol. The smallest absolute Gasteiger partial charge is 0.268 e. The minimum absolute atomic E-state index is 0.155. The van der Waals surface area contributed by atoms with Crippen molar-refractivity contribution < 1.29 is 4.79 Å². The number of carbonyl (C=O) groups excluding carboxylic acids is 1. The number of hydrogen-bond acceptors (Lipinski definition) is 2. The maximum Gasteiger partial charge on any atom is 0.268 e. The Morgan fingerprint density at radius 2 is 1.90 bits per heavy atom. The zero-order valence-corrected chi connectivity index (χ0v) is 12.2. The van der Waals surface area contributed by atoms with Crippen molar-refractivity contribution in [1.29, 1.82) is 0 Å². The molecule has 3 rings (SSSR count). The quantitative estimate of drug-likeness (QED) is 0.908. The van der Waals surface area contributed by atoms with Gasteiger partial charge in [-0.25, -0.2) is 0 Å². The normalized spacial score (nSPS) is 15.5. The van der Waals surface area contributed by atoms with Crippen LogP contribution in [0.4, 0.5) is 0 Å². The SMILES string of the molecule is Cc1cc(=O)cc(C(=O)NC2(c3ccccc3C)CC2)[nH]1. The molecule has 21 heavy (non-hydrogen) atoms. The fourth-order valence-corrected chi connectivity index (χ4v) is 2.79. The third-order valence-corrected chi connectivity index (χ3v) is 3.99. The van der Waals surface area contributed by atoms with Crippen LogP contribution in [0.15, 0.2) is 41.2 Å². The minimum atomic E-state index is -0.275. The summed E-state index contributed by atoms with van der Waals surface area (Å²) in [6, 6.07) is 10.9. The number of amides is 1. The molecule has 0 bridgehead atoms. The van der Waals surface area contributed by atoms with Gasteiger partial charge in [0.1, 0.15) is 5.69 Å². The second kappa shape index (κ2) is 4.88. The highest BCUT2D eigenvalue weighted by Crippen LogP contribution is 2.46. The Kier molecular flexibility index (Phi) is 3.16. The molecule has 0 atom stereocenters. The standard InChI is InChI=1S/C17H18N2O2/c1-11-5-3-4-6-14(11)17(7-8-17)19-16(21)15-10-13(20)9-12(2)18-15/h3-6,9-10H,7-8H2,1-2H3,(H,18,20)(H,19,21). The molecule has 1 saturated carbocycles. The van der Waals surface area contributed by atoms with Crippen LogP contribution in [0.2, 0.25) is 0 Å². The molecule has 0 aliphatic heterocycles. The molecule has 4 heteroatoms. The highest BCUT2D eigenvalue weighted by molar-refractivity contribution is 5.93. The van der Waals surface area contributed by atoms with Gasteiger partial charge >= 0.3 is 0 Å². The molecule has 1 aliphatic carbocycles. The van der Waals surface area contributed by atoms with Gasteiger partial charge in [0.2, 0.25) is 0 Å². The lowest BCUT2D eigenvalue weighted by Crippen LogP contribution is -2.36. The van der Waals surface area contributed by atoms with E-state index in [1.165, 1.54) is 17.7 Å². The van der Waals surface area contributed by atoms with Gasteiger partial charge in [0.25, 0.3) is 5.91 Å². The van der Waals surface area contributed by atoms with E-state index in [0.717, 1.165) is 18.4 Å². The first kappa shape index (κ1) is 13.6. The topological polar surface area (TPSA) is 62.0 Å². The van der Waals surface area contributed by atoms with Crippen LogP contribution in [-0.4, -0.2) is 10.9 Å². The summed E-state index contributed by atoms with van der Waals surface area (Å²) in [5.74, 6) is -0.225. The molecular formula is C17H18N2O2. The number of carbonyl (C=O) groups is 1. The molecule has 2 N–H and O–H groups in total. The fourth-order valence-electron chi connectivity index (χ4n) is 2.79. The van der Waals surface area contributed by atoms with Crippen molar-refractivity contribution in [3.63, 3.8) is 0 Å². The number of hydrogen-bond donors (Lipinski definition) is 2. The van der Waals surface area contributed by atoms with Gasteiger partial charge in [0.15, 0.2) is 5.43 Å². The second-order valence-corrected chi connectivity index (χ2v) is 5.76. The Labute approximate surface area is 123 Å². The van der Waals surface area contributed by atoms with E-state index in [1.54, 1.807) is 6.92 Å². The van der Waals surface area contributed by atoms with Gasteiger partial charge in [-0.2, -0.15) is 0 Å². The largest absolute Gasteiger partial charge is 0.354 e. The molecule has 1 fully saturated rings. The van der Waals surface area contributed by atoms with Crippen molar-refractivity contribution in [2.75, 3.05) is 0 Å². The average molecular weight is 282 g/mol. The van der Waals surface area contributed by atoms with E-state index in [-0.39, 0.29) is 16.9 Å². The van der Waals surface area contributed by atoms with Crippen molar-refractivity contribution in [3.05, 3.63) is 69.1 Å². The van der Waals surface area contributed by atoms with Crippen LogP contribution in [0, 0.1) is 13.8 Å². The molecule has 0 spiro atoms. The molecule has 1 aromatic heterocycles. The van der Waals surface area contributed by atoms with E-state index in [4.69, 9.17) is 0 Å². The number of H-pyrrole nitrogens is 1. The zero-order chi connectivity index (χ0) is 15.0. The summed E-state index contributed by atoms with van der Waals surface area (Å²) in [5, 5.41) is 3.09. The summed E-state index contributed by atoms with van der Waals surface area (Å²) in [6.07, 6.45) is 1.86. The highest BCUT2D eigenvalue weighted by atomic mass is 16.2. The van der Waals surface area contributed by atoms with Gasteiger partial charge in [-0.05, 0) is 37.8 Å². The van der Waals surface area contributed by atoms with E-state index < -0.39 is 0 Å². The maximum atomic E-state index is 12.4. The Morgan fingerprint density at radius 1 is 1.19 bits per heavy atom. The number of pyridine rings is 1. The first-order chi connectivity index (χ1) is 10.00. The molecule has 108 valence electrons.